The number of fused-ring (bicyclic) bond motifs is 1. The number of carbonyl (C=O) groups is 8. The molecule has 8 atom stereocenters. The zero-order chi connectivity index (χ0) is 55.6. The maximum Gasteiger partial charge on any atom is 0.244 e. The Morgan fingerprint density at radius 3 is 1.97 bits per heavy atom. The summed E-state index contributed by atoms with van der Waals surface area (Å²) in [5.74, 6) is -9.23. The highest BCUT2D eigenvalue weighted by Gasteiger charge is 2.36. The van der Waals surface area contributed by atoms with Crippen molar-refractivity contribution in [3.63, 3.8) is 0 Å². The average Bonchev–Trinajstić information content (AvgIpc) is 4.08. The number of unbranched alkanes of at least 4 members (excludes halogenated alkanes) is 1. The molecule has 0 unspecified atom stereocenters. The molecule has 0 bridgehead atoms. The molecule has 3 heterocycles. The minimum atomic E-state index is -1.48. The van der Waals surface area contributed by atoms with Gasteiger partial charge in [-0.05, 0) is 73.0 Å². The summed E-state index contributed by atoms with van der Waals surface area (Å²) in [5, 5.41) is 19.6. The number of H-pyrrole nitrogens is 2. The van der Waals surface area contributed by atoms with Gasteiger partial charge in [0.05, 0.1) is 12.4 Å². The van der Waals surface area contributed by atoms with Gasteiger partial charge in [-0.15, -0.1) is 0 Å². The number of para-hydroxylation sites is 1. The number of nitrogens with two attached hydrogens (primary N) is 3. The summed E-state index contributed by atoms with van der Waals surface area (Å²) < 4.78 is 29.5. The molecule has 21 nitrogen and oxygen atoms in total. The molecule has 1 fully saturated rings. The highest BCUT2D eigenvalue weighted by atomic mass is 33.1. The minimum Gasteiger partial charge on any atom is -0.368 e. The van der Waals surface area contributed by atoms with Gasteiger partial charge in [0.15, 0.2) is 0 Å². The van der Waals surface area contributed by atoms with E-state index in [9.17, 15) is 47.1 Å². The van der Waals surface area contributed by atoms with Gasteiger partial charge in [0.1, 0.15) is 53.9 Å². The molecule has 3 aromatic carbocycles. The first kappa shape index (κ1) is 58.9. The number of halogens is 2. The third-order valence-corrected chi connectivity index (χ3v) is 15.2. The van der Waals surface area contributed by atoms with E-state index in [4.69, 9.17) is 17.2 Å². The molecule has 0 radical (unpaired) electrons. The van der Waals surface area contributed by atoms with Crippen LogP contribution in [0.1, 0.15) is 55.5 Å². The zero-order valence-electron chi connectivity index (χ0n) is 42.4. The predicted molar refractivity (Wildman–Crippen MR) is 288 cm³/mol. The second kappa shape index (κ2) is 28.7. The molecule has 8 amide bonds. The number of rotatable bonds is 18. The van der Waals surface area contributed by atoms with Crippen LogP contribution in [0.5, 0.6) is 0 Å². The van der Waals surface area contributed by atoms with E-state index in [1.807, 2.05) is 18.2 Å². The van der Waals surface area contributed by atoms with Crippen LogP contribution in [0.25, 0.3) is 10.9 Å². The predicted octanol–water partition coefficient (Wildman–Crippen LogP) is 0.826. The van der Waals surface area contributed by atoms with Gasteiger partial charge >= 0.3 is 0 Å². The second-order valence-electron chi connectivity index (χ2n) is 18.9. The van der Waals surface area contributed by atoms with Crippen LogP contribution < -0.4 is 54.4 Å². The van der Waals surface area contributed by atoms with Crippen LogP contribution in [0.2, 0.25) is 0 Å². The summed E-state index contributed by atoms with van der Waals surface area (Å²) in [6.07, 6.45) is 4.51. The number of amides is 8. The Kier molecular flexibility index (Phi) is 21.9. The Morgan fingerprint density at radius 1 is 0.714 bits per heavy atom. The molecule has 0 aliphatic carbocycles. The van der Waals surface area contributed by atoms with Crippen molar-refractivity contribution in [1.29, 1.82) is 0 Å². The number of carbonyl (C=O) groups excluding carboxylic acids is 8. The molecule has 0 spiro atoms. The number of hydrogen-bond donors (Lipinski definition) is 12. The number of primary amides is 1. The smallest absolute Gasteiger partial charge is 0.244 e. The third kappa shape index (κ3) is 17.1. The molecule has 1 aliphatic rings. The van der Waals surface area contributed by atoms with Gasteiger partial charge in [-0.2, -0.15) is 0 Å². The minimum absolute atomic E-state index is 0.0555. The fourth-order valence-corrected chi connectivity index (χ4v) is 10.8. The molecule has 6 rings (SSSR count). The van der Waals surface area contributed by atoms with E-state index in [1.165, 1.54) is 48.9 Å². The number of nitrogens with zero attached hydrogens (tertiary/aromatic N) is 1. The fourth-order valence-electron chi connectivity index (χ4n) is 8.43. The molecule has 15 N–H and O–H groups in total. The maximum absolute atomic E-state index is 14.8. The van der Waals surface area contributed by atoms with Crippen molar-refractivity contribution < 1.29 is 47.1 Å². The number of benzene rings is 3. The van der Waals surface area contributed by atoms with Crippen molar-refractivity contribution in [3.05, 3.63) is 126 Å². The van der Waals surface area contributed by atoms with E-state index in [0.717, 1.165) is 32.5 Å². The first-order chi connectivity index (χ1) is 36.9. The molecule has 0 saturated carbocycles. The number of hydrogen-bond acceptors (Lipinski definition) is 13. The van der Waals surface area contributed by atoms with Crippen LogP contribution in [-0.2, 0) is 64.0 Å². The number of aromatic amines is 2. The van der Waals surface area contributed by atoms with Crippen LogP contribution >= 0.6 is 21.6 Å². The number of nitrogens with one attached hydrogen (secondary N) is 9. The Bertz CT molecular complexity index is 2860. The van der Waals surface area contributed by atoms with Gasteiger partial charge in [0, 0.05) is 59.8 Å². The highest BCUT2D eigenvalue weighted by molar-refractivity contribution is 8.76. The standard InChI is InChI=1S/C52H65F2N13O8S2/c1-28(2)44-52(75)66-43(50(73)62-39(45(57)68)20-30-12-4-7-15-35(30)54)26-77-76-25-42(65-46(69)36(56)19-29-11-3-6-14-34(29)53)51(74)64-41(22-32-24-58-27-60-32)49(72)63-40(21-31-23-59-37-16-8-5-13-33(31)37)48(71)61-38(47(70)67-44)17-9-10-18-55/h3-8,11-16,23-24,27-28,36,38-44,59H,9-10,17-22,25-26,55-56H2,1-2H3,(H2,57,68)(H,58,60)(H,61,71)(H,62,73)(H,63,72)(H,64,74)(H,65,69)(H,66,75)(H,67,70)/t36-,38-,39-,40+,41-,42+,43-,44-/m0/s1. The van der Waals surface area contributed by atoms with E-state index in [1.54, 1.807) is 38.2 Å². The molecular weight excluding hydrogens is 1040 g/mol. The van der Waals surface area contributed by atoms with Gasteiger partial charge in [-0.25, -0.2) is 13.8 Å². The highest BCUT2D eigenvalue weighted by Crippen LogP contribution is 2.25. The van der Waals surface area contributed by atoms with E-state index in [2.05, 4.69) is 52.2 Å². The lowest BCUT2D eigenvalue weighted by Gasteiger charge is -2.29. The summed E-state index contributed by atoms with van der Waals surface area (Å²) in [6, 6.07) is 7.44. The topological polar surface area (TPSA) is 343 Å². The molecule has 5 aromatic rings. The van der Waals surface area contributed by atoms with Crippen LogP contribution in [0.15, 0.2) is 91.5 Å². The van der Waals surface area contributed by atoms with Crippen LogP contribution in [0.4, 0.5) is 8.78 Å². The van der Waals surface area contributed by atoms with Gasteiger partial charge in [-0.1, -0.05) is 90.0 Å². The third-order valence-electron chi connectivity index (χ3n) is 12.8. The second-order valence-corrected chi connectivity index (χ2v) is 21.4. The van der Waals surface area contributed by atoms with Crippen LogP contribution in [0, 0.1) is 17.6 Å². The van der Waals surface area contributed by atoms with Crippen molar-refractivity contribution in [3.8, 4) is 0 Å². The largest absolute Gasteiger partial charge is 0.368 e. The Labute approximate surface area is 451 Å². The van der Waals surface area contributed by atoms with Crippen molar-refractivity contribution >= 4 is 79.7 Å². The SMILES string of the molecule is CC(C)[C@@H]1NC(=O)[C@H](CCCCN)NC(=O)[C@@H](Cc2c[nH]c3ccccc23)NC(=O)[C@H](Cc2cnc[nH]2)NC(=O)[C@H](NC(=O)[C@@H](N)Cc2ccccc2F)CSSC[C@@H](C(=O)N[C@@H](Cc2ccccc2F)C(N)=O)NC1=O. The average molecular weight is 1100 g/mol. The summed E-state index contributed by atoms with van der Waals surface area (Å²) in [5.41, 5.74) is 19.8. The van der Waals surface area contributed by atoms with E-state index in [0.29, 0.717) is 24.1 Å². The molecule has 1 saturated heterocycles. The molecule has 412 valence electrons. The van der Waals surface area contributed by atoms with Crippen molar-refractivity contribution in [1.82, 2.24) is 52.2 Å². The first-order valence-electron chi connectivity index (χ1n) is 25.0. The van der Waals surface area contributed by atoms with Crippen molar-refractivity contribution in [2.24, 2.45) is 23.1 Å². The Morgan fingerprint density at radius 2 is 1.32 bits per heavy atom. The Hall–Kier alpha value is -7.35. The molecule has 25 heteroatoms. The van der Waals surface area contributed by atoms with Crippen LogP contribution in [0.3, 0.4) is 0 Å². The summed E-state index contributed by atoms with van der Waals surface area (Å²) >= 11 is 0. The monoisotopic (exact) mass is 1100 g/mol. The number of imidazole rings is 1. The van der Waals surface area contributed by atoms with Gasteiger partial charge in [-0.3, -0.25) is 38.4 Å². The summed E-state index contributed by atoms with van der Waals surface area (Å²) in [4.78, 5) is 124. The van der Waals surface area contributed by atoms with E-state index < -0.39 is 113 Å². The van der Waals surface area contributed by atoms with Crippen molar-refractivity contribution in [2.75, 3.05) is 18.1 Å². The lowest BCUT2D eigenvalue weighted by atomic mass is 10.00. The molecular formula is C52H65F2N13O8S2. The summed E-state index contributed by atoms with van der Waals surface area (Å²) in [7, 11) is 1.94. The van der Waals surface area contributed by atoms with E-state index in [-0.39, 0.29) is 61.3 Å². The van der Waals surface area contributed by atoms with Gasteiger partial charge in [0.25, 0.3) is 0 Å². The van der Waals surface area contributed by atoms with Gasteiger partial charge in [0.2, 0.25) is 47.3 Å². The molecule has 2 aromatic heterocycles. The Balaban J connectivity index is 1.38. The van der Waals surface area contributed by atoms with Crippen molar-refractivity contribution in [2.45, 2.75) is 107 Å². The fraction of sp³-hybridized carbons (Fsp3) is 0.404. The lowest BCUT2D eigenvalue weighted by Crippen LogP contribution is -2.61. The lowest BCUT2D eigenvalue weighted by molar-refractivity contribution is -0.136. The molecule has 77 heavy (non-hydrogen) atoms. The summed E-state index contributed by atoms with van der Waals surface area (Å²) in [6.45, 7) is 3.57. The maximum atomic E-state index is 14.8. The quantitative estimate of drug-likeness (QED) is 0.0428. The van der Waals surface area contributed by atoms with Crippen LogP contribution in [-0.4, -0.2) is 129 Å². The van der Waals surface area contributed by atoms with Gasteiger partial charge < -0.3 is 64.4 Å². The number of aromatic nitrogens is 3. The first-order valence-corrected chi connectivity index (χ1v) is 27.5. The zero-order valence-corrected chi connectivity index (χ0v) is 44.1. The normalized spacial score (nSPS) is 21.2. The van der Waals surface area contributed by atoms with E-state index >= 15 is 0 Å². The molecule has 1 aliphatic heterocycles.